The fraction of sp³-hybridized carbons (Fsp3) is 0.421. The number of aromatic nitrogens is 2. The van der Waals surface area contributed by atoms with Crippen molar-refractivity contribution >= 4 is 11.9 Å². The second-order valence-corrected chi connectivity index (χ2v) is 6.30. The van der Waals surface area contributed by atoms with Crippen LogP contribution in [0.2, 0.25) is 0 Å². The summed E-state index contributed by atoms with van der Waals surface area (Å²) in [6.07, 6.45) is 3.23. The number of carbonyl (C=O) groups is 1. The molecule has 25 heavy (non-hydrogen) atoms. The third kappa shape index (κ3) is 4.33. The van der Waals surface area contributed by atoms with Gasteiger partial charge < -0.3 is 15.1 Å². The molecular weight excluding hydrogens is 314 g/mol. The molecule has 0 aliphatic carbocycles. The van der Waals surface area contributed by atoms with Gasteiger partial charge in [0.05, 0.1) is 5.56 Å². The summed E-state index contributed by atoms with van der Waals surface area (Å²) in [5.41, 5.74) is 2.77. The van der Waals surface area contributed by atoms with E-state index in [0.717, 1.165) is 38.3 Å². The number of benzene rings is 1. The number of amides is 1. The van der Waals surface area contributed by atoms with Gasteiger partial charge in [-0.1, -0.05) is 31.2 Å². The predicted octanol–water partition coefficient (Wildman–Crippen LogP) is 1.86. The van der Waals surface area contributed by atoms with Gasteiger partial charge in [0, 0.05) is 45.1 Å². The third-order valence-corrected chi connectivity index (χ3v) is 4.70. The summed E-state index contributed by atoms with van der Waals surface area (Å²) in [6, 6.07) is 8.03. The lowest BCUT2D eigenvalue weighted by Crippen LogP contribution is -2.46. The quantitative estimate of drug-likeness (QED) is 0.901. The molecule has 1 aromatic heterocycles. The van der Waals surface area contributed by atoms with E-state index in [1.165, 1.54) is 5.56 Å². The van der Waals surface area contributed by atoms with Gasteiger partial charge in [0.25, 0.3) is 5.91 Å². The smallest absolute Gasteiger partial charge is 0.254 e. The Balaban J connectivity index is 1.56. The summed E-state index contributed by atoms with van der Waals surface area (Å²) in [5.74, 6) is 0.553. The average Bonchev–Trinajstić information content (AvgIpc) is 2.67. The second kappa shape index (κ2) is 8.07. The van der Waals surface area contributed by atoms with Gasteiger partial charge >= 0.3 is 0 Å². The second-order valence-electron chi connectivity index (χ2n) is 6.30. The molecule has 2 heterocycles. The number of hydrogen-bond acceptors (Lipinski definition) is 5. The van der Waals surface area contributed by atoms with Gasteiger partial charge in [0.15, 0.2) is 0 Å². The Hall–Kier alpha value is -2.47. The highest BCUT2D eigenvalue weighted by Gasteiger charge is 2.18. The zero-order chi connectivity index (χ0) is 17.6. The van der Waals surface area contributed by atoms with Crippen molar-refractivity contribution in [2.24, 2.45) is 0 Å². The zero-order valence-electron chi connectivity index (χ0n) is 14.9. The molecule has 132 valence electrons. The average molecular weight is 339 g/mol. The predicted molar refractivity (Wildman–Crippen MR) is 98.7 cm³/mol. The SMILES string of the molecule is CCN1CCN(c2ncc(C(=O)NCc3ccccc3C)cn2)CC1. The molecule has 1 aromatic carbocycles. The van der Waals surface area contributed by atoms with E-state index in [1.54, 1.807) is 12.4 Å². The first-order valence-electron chi connectivity index (χ1n) is 8.79. The van der Waals surface area contributed by atoms with E-state index >= 15 is 0 Å². The number of piperazine rings is 1. The molecule has 1 saturated heterocycles. The molecule has 3 rings (SSSR count). The maximum Gasteiger partial charge on any atom is 0.254 e. The Morgan fingerprint density at radius 1 is 1.12 bits per heavy atom. The van der Waals surface area contributed by atoms with E-state index in [0.29, 0.717) is 18.1 Å². The summed E-state index contributed by atoms with van der Waals surface area (Å²) in [7, 11) is 0. The Kier molecular flexibility index (Phi) is 5.60. The lowest BCUT2D eigenvalue weighted by atomic mass is 10.1. The van der Waals surface area contributed by atoms with Crippen molar-refractivity contribution in [3.8, 4) is 0 Å². The van der Waals surface area contributed by atoms with Crippen LogP contribution in [0.1, 0.15) is 28.4 Å². The molecule has 1 aliphatic heterocycles. The van der Waals surface area contributed by atoms with Gasteiger partial charge in [-0.15, -0.1) is 0 Å². The fourth-order valence-corrected chi connectivity index (χ4v) is 2.95. The lowest BCUT2D eigenvalue weighted by Gasteiger charge is -2.33. The van der Waals surface area contributed by atoms with E-state index in [-0.39, 0.29) is 5.91 Å². The van der Waals surface area contributed by atoms with Crippen LogP contribution in [0.5, 0.6) is 0 Å². The summed E-state index contributed by atoms with van der Waals surface area (Å²) in [5, 5.41) is 2.93. The van der Waals surface area contributed by atoms with Crippen molar-refractivity contribution in [1.29, 1.82) is 0 Å². The van der Waals surface area contributed by atoms with E-state index in [2.05, 4.69) is 32.0 Å². The Morgan fingerprint density at radius 2 is 1.80 bits per heavy atom. The highest BCUT2D eigenvalue weighted by Crippen LogP contribution is 2.11. The van der Waals surface area contributed by atoms with Crippen LogP contribution in [0, 0.1) is 6.92 Å². The highest BCUT2D eigenvalue weighted by molar-refractivity contribution is 5.93. The normalized spacial score (nSPS) is 15.2. The summed E-state index contributed by atoms with van der Waals surface area (Å²) >= 11 is 0. The number of carbonyl (C=O) groups excluding carboxylic acids is 1. The van der Waals surface area contributed by atoms with E-state index in [1.807, 2.05) is 31.2 Å². The first kappa shape index (κ1) is 17.4. The van der Waals surface area contributed by atoms with Gasteiger partial charge in [-0.2, -0.15) is 0 Å². The van der Waals surface area contributed by atoms with Crippen molar-refractivity contribution in [2.45, 2.75) is 20.4 Å². The molecular formula is C19H25N5O. The van der Waals surface area contributed by atoms with Crippen molar-refractivity contribution in [2.75, 3.05) is 37.6 Å². The van der Waals surface area contributed by atoms with Crippen LogP contribution in [-0.2, 0) is 6.54 Å². The van der Waals surface area contributed by atoms with Crippen molar-refractivity contribution in [3.05, 3.63) is 53.3 Å². The highest BCUT2D eigenvalue weighted by atomic mass is 16.1. The number of aryl methyl sites for hydroxylation is 1. The molecule has 1 fully saturated rings. The Labute approximate surface area is 148 Å². The minimum atomic E-state index is -0.148. The van der Waals surface area contributed by atoms with Crippen LogP contribution in [0.3, 0.4) is 0 Å². The van der Waals surface area contributed by atoms with Crippen molar-refractivity contribution < 1.29 is 4.79 Å². The maximum atomic E-state index is 12.3. The number of nitrogens with one attached hydrogen (secondary N) is 1. The molecule has 6 nitrogen and oxygen atoms in total. The van der Waals surface area contributed by atoms with E-state index < -0.39 is 0 Å². The largest absolute Gasteiger partial charge is 0.348 e. The van der Waals surface area contributed by atoms with Crippen molar-refractivity contribution in [3.63, 3.8) is 0 Å². The summed E-state index contributed by atoms with van der Waals surface area (Å²) in [6.45, 7) is 9.70. The molecule has 0 radical (unpaired) electrons. The van der Waals surface area contributed by atoms with Crippen LogP contribution in [0.25, 0.3) is 0 Å². The van der Waals surface area contributed by atoms with Gasteiger partial charge in [0.1, 0.15) is 0 Å². The molecule has 1 N–H and O–H groups in total. The minimum Gasteiger partial charge on any atom is -0.348 e. The first-order valence-corrected chi connectivity index (χ1v) is 8.79. The summed E-state index contributed by atoms with van der Waals surface area (Å²) < 4.78 is 0. The number of rotatable bonds is 5. The van der Waals surface area contributed by atoms with E-state index in [4.69, 9.17) is 0 Å². The molecule has 0 spiro atoms. The molecule has 6 heteroatoms. The standard InChI is InChI=1S/C19H25N5O/c1-3-23-8-10-24(11-9-23)19-21-13-17(14-22-19)18(25)20-12-16-7-5-4-6-15(16)2/h4-7,13-14H,3,8-12H2,1-2H3,(H,20,25). The maximum absolute atomic E-state index is 12.3. The molecule has 2 aromatic rings. The van der Waals surface area contributed by atoms with Crippen LogP contribution < -0.4 is 10.2 Å². The molecule has 0 saturated carbocycles. The molecule has 0 atom stereocenters. The number of hydrogen-bond donors (Lipinski definition) is 1. The van der Waals surface area contributed by atoms with Gasteiger partial charge in [-0.05, 0) is 24.6 Å². The lowest BCUT2D eigenvalue weighted by molar-refractivity contribution is 0.0950. The van der Waals surface area contributed by atoms with Crippen LogP contribution in [-0.4, -0.2) is 53.5 Å². The van der Waals surface area contributed by atoms with Crippen LogP contribution in [0.15, 0.2) is 36.7 Å². The van der Waals surface area contributed by atoms with Gasteiger partial charge in [-0.3, -0.25) is 4.79 Å². The molecule has 1 aliphatic rings. The number of anilines is 1. The molecule has 0 bridgehead atoms. The number of nitrogens with zero attached hydrogens (tertiary/aromatic N) is 4. The van der Waals surface area contributed by atoms with Crippen LogP contribution in [0.4, 0.5) is 5.95 Å². The molecule has 0 unspecified atom stereocenters. The monoisotopic (exact) mass is 339 g/mol. The topological polar surface area (TPSA) is 61.4 Å². The van der Waals surface area contributed by atoms with Gasteiger partial charge in [-0.25, -0.2) is 9.97 Å². The molecule has 1 amide bonds. The Bertz CT molecular complexity index is 708. The number of likely N-dealkylation sites (N-methyl/N-ethyl adjacent to an activating group) is 1. The Morgan fingerprint density at radius 3 is 2.44 bits per heavy atom. The zero-order valence-corrected chi connectivity index (χ0v) is 14.9. The minimum absolute atomic E-state index is 0.148. The summed E-state index contributed by atoms with van der Waals surface area (Å²) in [4.78, 5) is 25.6. The van der Waals surface area contributed by atoms with Crippen molar-refractivity contribution in [1.82, 2.24) is 20.2 Å². The van der Waals surface area contributed by atoms with Gasteiger partial charge in [0.2, 0.25) is 5.95 Å². The van der Waals surface area contributed by atoms with Crippen LogP contribution >= 0.6 is 0 Å². The first-order chi connectivity index (χ1) is 12.2. The van der Waals surface area contributed by atoms with E-state index in [9.17, 15) is 4.79 Å². The fourth-order valence-electron chi connectivity index (χ4n) is 2.95. The third-order valence-electron chi connectivity index (χ3n) is 4.70.